The largest absolute Gasteiger partial charge is 0.378 e. The van der Waals surface area contributed by atoms with Gasteiger partial charge in [-0.2, -0.15) is 0 Å². The molecule has 1 aliphatic rings. The summed E-state index contributed by atoms with van der Waals surface area (Å²) in [6.45, 7) is 4.53. The number of ether oxygens (including phenoxy) is 1. The minimum atomic E-state index is -1.19. The molecular formula is C30H32F4O. The number of unbranched alkanes of at least 4 members (excludes halogenated alkanes) is 1. The molecule has 2 atom stereocenters. The van der Waals surface area contributed by atoms with E-state index in [0.717, 1.165) is 44.1 Å². The molecule has 0 bridgehead atoms. The first-order valence-corrected chi connectivity index (χ1v) is 12.6. The second-order valence-corrected chi connectivity index (χ2v) is 9.44. The Morgan fingerprint density at radius 1 is 0.714 bits per heavy atom. The van der Waals surface area contributed by atoms with Gasteiger partial charge in [-0.25, -0.2) is 17.6 Å². The Morgan fingerprint density at radius 3 is 1.97 bits per heavy atom. The first kappa shape index (κ1) is 25.4. The molecule has 1 heterocycles. The summed E-state index contributed by atoms with van der Waals surface area (Å²) < 4.78 is 66.0. The van der Waals surface area contributed by atoms with Crippen molar-refractivity contribution in [1.82, 2.24) is 0 Å². The van der Waals surface area contributed by atoms with E-state index < -0.39 is 23.3 Å². The Kier molecular flexibility index (Phi) is 8.27. The molecule has 0 amide bonds. The van der Waals surface area contributed by atoms with Crippen molar-refractivity contribution in [2.45, 2.75) is 70.8 Å². The lowest BCUT2D eigenvalue weighted by Gasteiger charge is -2.29. The molecule has 1 nitrogen and oxygen atoms in total. The molecule has 0 saturated carbocycles. The van der Waals surface area contributed by atoms with Crippen LogP contribution in [0, 0.1) is 23.3 Å². The molecule has 0 aromatic heterocycles. The molecule has 2 unspecified atom stereocenters. The van der Waals surface area contributed by atoms with Crippen molar-refractivity contribution in [2.24, 2.45) is 0 Å². The number of halogens is 4. The van der Waals surface area contributed by atoms with E-state index >= 15 is 17.6 Å². The summed E-state index contributed by atoms with van der Waals surface area (Å²) in [5, 5.41) is 0. The first-order valence-electron chi connectivity index (χ1n) is 12.6. The van der Waals surface area contributed by atoms with Crippen LogP contribution in [0.15, 0.2) is 48.5 Å². The summed E-state index contributed by atoms with van der Waals surface area (Å²) >= 11 is 0. The van der Waals surface area contributed by atoms with Crippen molar-refractivity contribution in [2.75, 3.05) is 6.61 Å². The van der Waals surface area contributed by atoms with E-state index in [1.54, 1.807) is 12.1 Å². The Balaban J connectivity index is 1.58. The van der Waals surface area contributed by atoms with Gasteiger partial charge in [-0.05, 0) is 48.8 Å². The van der Waals surface area contributed by atoms with E-state index in [0.29, 0.717) is 18.6 Å². The summed E-state index contributed by atoms with van der Waals surface area (Å²) in [5.74, 6) is -4.70. The van der Waals surface area contributed by atoms with Gasteiger partial charge in [-0.15, -0.1) is 0 Å². The number of hydrogen-bond acceptors (Lipinski definition) is 1. The highest BCUT2D eigenvalue weighted by molar-refractivity contribution is 5.72. The number of rotatable bonds is 8. The predicted octanol–water partition coefficient (Wildman–Crippen LogP) is 8.98. The second-order valence-electron chi connectivity index (χ2n) is 9.44. The van der Waals surface area contributed by atoms with Gasteiger partial charge in [0.05, 0.1) is 12.7 Å². The maximum absolute atomic E-state index is 15.1. The Labute approximate surface area is 205 Å². The van der Waals surface area contributed by atoms with Gasteiger partial charge in [0.1, 0.15) is 0 Å². The van der Waals surface area contributed by atoms with Gasteiger partial charge in [0.25, 0.3) is 0 Å². The predicted molar refractivity (Wildman–Crippen MR) is 132 cm³/mol. The van der Waals surface area contributed by atoms with Crippen molar-refractivity contribution >= 4 is 0 Å². The zero-order valence-electron chi connectivity index (χ0n) is 20.4. The standard InChI is InChI=1S/C30H32F4O/c1-3-5-7-19-8-10-20(11-9-19)23-14-16-25(29(33)27(23)31)26-17-15-24(28(32)30(26)34)21-12-13-22(6-4-2)35-18-21/h8-11,14-17,21-22H,3-7,12-13,18H2,1-2H3. The van der Waals surface area contributed by atoms with Crippen LogP contribution < -0.4 is 0 Å². The molecular weight excluding hydrogens is 452 g/mol. The highest BCUT2D eigenvalue weighted by atomic mass is 19.2. The quantitative estimate of drug-likeness (QED) is 0.290. The molecule has 4 rings (SSSR count). The van der Waals surface area contributed by atoms with E-state index in [1.807, 2.05) is 12.1 Å². The van der Waals surface area contributed by atoms with E-state index in [9.17, 15) is 0 Å². The molecule has 186 valence electrons. The fraction of sp³-hybridized carbons (Fsp3) is 0.400. The second kappa shape index (κ2) is 11.4. The average Bonchev–Trinajstić information content (AvgIpc) is 2.87. The van der Waals surface area contributed by atoms with E-state index in [-0.39, 0.29) is 34.3 Å². The average molecular weight is 485 g/mol. The Morgan fingerprint density at radius 2 is 1.34 bits per heavy atom. The van der Waals surface area contributed by atoms with Crippen LogP contribution in [0.3, 0.4) is 0 Å². The van der Waals surface area contributed by atoms with Crippen molar-refractivity contribution < 1.29 is 22.3 Å². The molecule has 0 aliphatic carbocycles. The van der Waals surface area contributed by atoms with Crippen LogP contribution >= 0.6 is 0 Å². The van der Waals surface area contributed by atoms with Crippen molar-refractivity contribution in [1.29, 1.82) is 0 Å². The van der Waals surface area contributed by atoms with Gasteiger partial charge in [0, 0.05) is 22.6 Å². The lowest BCUT2D eigenvalue weighted by molar-refractivity contribution is -0.00181. The zero-order valence-corrected chi connectivity index (χ0v) is 20.4. The lowest BCUT2D eigenvalue weighted by Crippen LogP contribution is -2.25. The fourth-order valence-corrected chi connectivity index (χ4v) is 4.90. The fourth-order valence-electron chi connectivity index (χ4n) is 4.90. The Hall–Kier alpha value is -2.66. The monoisotopic (exact) mass is 484 g/mol. The molecule has 5 heteroatoms. The van der Waals surface area contributed by atoms with Crippen LogP contribution in [0.5, 0.6) is 0 Å². The summed E-state index contributed by atoms with van der Waals surface area (Å²) in [7, 11) is 0. The maximum atomic E-state index is 15.1. The molecule has 0 spiro atoms. The smallest absolute Gasteiger partial charge is 0.167 e. The van der Waals surface area contributed by atoms with Crippen LogP contribution in [0.4, 0.5) is 17.6 Å². The topological polar surface area (TPSA) is 9.23 Å². The minimum absolute atomic E-state index is 0.0896. The van der Waals surface area contributed by atoms with Gasteiger partial charge >= 0.3 is 0 Å². The normalized spacial score (nSPS) is 18.1. The van der Waals surface area contributed by atoms with Gasteiger partial charge < -0.3 is 4.74 Å². The molecule has 1 fully saturated rings. The maximum Gasteiger partial charge on any atom is 0.167 e. The summed E-state index contributed by atoms with van der Waals surface area (Å²) in [5.41, 5.74) is 1.40. The molecule has 0 N–H and O–H groups in total. The van der Waals surface area contributed by atoms with Gasteiger partial charge in [0.2, 0.25) is 0 Å². The van der Waals surface area contributed by atoms with Crippen LogP contribution in [-0.2, 0) is 11.2 Å². The number of hydrogen-bond donors (Lipinski definition) is 0. The van der Waals surface area contributed by atoms with Crippen LogP contribution in [0.25, 0.3) is 22.3 Å². The van der Waals surface area contributed by atoms with Gasteiger partial charge in [0.15, 0.2) is 23.3 Å². The van der Waals surface area contributed by atoms with Crippen molar-refractivity contribution in [3.8, 4) is 22.3 Å². The van der Waals surface area contributed by atoms with Crippen LogP contribution in [0.2, 0.25) is 0 Å². The molecule has 1 aliphatic heterocycles. The SMILES string of the molecule is CCCCc1ccc(-c2ccc(-c3ccc(C4CCC(CCC)OC4)c(F)c3F)c(F)c2F)cc1. The molecule has 35 heavy (non-hydrogen) atoms. The lowest BCUT2D eigenvalue weighted by atomic mass is 9.88. The molecule has 1 saturated heterocycles. The third kappa shape index (κ3) is 5.45. The first-order chi connectivity index (χ1) is 16.9. The van der Waals surface area contributed by atoms with Crippen LogP contribution in [0.1, 0.15) is 69.4 Å². The summed E-state index contributed by atoms with van der Waals surface area (Å²) in [4.78, 5) is 0. The summed E-state index contributed by atoms with van der Waals surface area (Å²) in [6, 6.07) is 12.9. The highest BCUT2D eigenvalue weighted by Crippen LogP contribution is 2.37. The van der Waals surface area contributed by atoms with Crippen molar-refractivity contribution in [3.63, 3.8) is 0 Å². The van der Waals surface area contributed by atoms with E-state index in [1.165, 1.54) is 24.3 Å². The highest BCUT2D eigenvalue weighted by Gasteiger charge is 2.28. The van der Waals surface area contributed by atoms with E-state index in [2.05, 4.69) is 13.8 Å². The van der Waals surface area contributed by atoms with Crippen LogP contribution in [-0.4, -0.2) is 12.7 Å². The third-order valence-electron chi connectivity index (χ3n) is 6.99. The van der Waals surface area contributed by atoms with E-state index in [4.69, 9.17) is 4.74 Å². The number of aryl methyl sites for hydroxylation is 1. The molecule has 3 aromatic rings. The van der Waals surface area contributed by atoms with Gasteiger partial charge in [-0.3, -0.25) is 0 Å². The molecule has 3 aromatic carbocycles. The Bertz CT molecular complexity index is 1150. The molecule has 0 radical (unpaired) electrons. The third-order valence-corrected chi connectivity index (χ3v) is 6.99. The summed E-state index contributed by atoms with van der Waals surface area (Å²) in [6.07, 6.45) is 6.69. The zero-order chi connectivity index (χ0) is 24.9. The van der Waals surface area contributed by atoms with Gasteiger partial charge in [-0.1, -0.05) is 75.2 Å². The minimum Gasteiger partial charge on any atom is -0.378 e. The van der Waals surface area contributed by atoms with Crippen molar-refractivity contribution in [3.05, 3.63) is 82.9 Å². The number of benzene rings is 3.